The van der Waals surface area contributed by atoms with Gasteiger partial charge in [-0.3, -0.25) is 13.9 Å². The first-order chi connectivity index (χ1) is 23.1. The van der Waals surface area contributed by atoms with Gasteiger partial charge >= 0.3 is 5.69 Å². The summed E-state index contributed by atoms with van der Waals surface area (Å²) in [4.78, 5) is 37.8. The Balaban J connectivity index is 1.86. The zero-order chi connectivity index (χ0) is 36.5. The Bertz CT molecular complexity index is 1420. The Morgan fingerprint density at radius 3 is 2.12 bits per heavy atom. The molecule has 10 nitrogen and oxygen atoms in total. The average molecular weight is 710 g/mol. The minimum Gasteiger partial charge on any atom is -0.346 e. The minimum absolute atomic E-state index is 0.0187. The third-order valence-corrected chi connectivity index (χ3v) is 10.7. The largest absolute Gasteiger partial charge is 0.346 e. The van der Waals surface area contributed by atoms with Crippen molar-refractivity contribution >= 4 is 8.53 Å². The fourth-order valence-electron chi connectivity index (χ4n) is 6.70. The number of nitrogens with zero attached hydrogens (tertiary/aromatic N) is 3. The van der Waals surface area contributed by atoms with Crippen molar-refractivity contribution in [1.82, 2.24) is 13.8 Å². The molecule has 1 N–H and O–H groups in total. The number of fused-ring (bicyclic) bond motifs is 1. The molecule has 2 saturated heterocycles. The summed E-state index contributed by atoms with van der Waals surface area (Å²) in [7, 11) is -1.94. The van der Waals surface area contributed by atoms with Crippen LogP contribution in [0.1, 0.15) is 127 Å². The van der Waals surface area contributed by atoms with E-state index in [-0.39, 0.29) is 25.2 Å². The van der Waals surface area contributed by atoms with E-state index in [0.29, 0.717) is 12.8 Å². The molecule has 0 aromatic carbocycles. The Labute approximate surface area is 293 Å². The second kappa shape index (κ2) is 19.0. The normalized spacial score (nSPS) is 23.2. The summed E-state index contributed by atoms with van der Waals surface area (Å²) in [6, 6.07) is 0.0970. The fourth-order valence-corrected chi connectivity index (χ4v) is 7.90. The van der Waals surface area contributed by atoms with Gasteiger partial charge in [0.15, 0.2) is 12.0 Å². The van der Waals surface area contributed by atoms with Crippen molar-refractivity contribution in [1.29, 1.82) is 0 Å². The van der Waals surface area contributed by atoms with E-state index in [0.717, 1.165) is 59.4 Å². The molecule has 3 heterocycles. The molecule has 0 radical (unpaired) electrons. The maximum Gasteiger partial charge on any atom is 0.333 e. The molecular weight excluding hydrogens is 648 g/mol. The molecule has 2 aliphatic rings. The van der Waals surface area contributed by atoms with Gasteiger partial charge in [-0.25, -0.2) is 9.46 Å². The number of allylic oxidation sites excluding steroid dienone is 6. The molecule has 2 aliphatic heterocycles. The highest BCUT2D eigenvalue weighted by molar-refractivity contribution is 7.43. The van der Waals surface area contributed by atoms with E-state index in [4.69, 9.17) is 18.7 Å². The molecule has 1 unspecified atom stereocenters. The van der Waals surface area contributed by atoms with Crippen LogP contribution in [0.2, 0.25) is 0 Å². The summed E-state index contributed by atoms with van der Waals surface area (Å²) in [6.45, 7) is 20.2. The monoisotopic (exact) mass is 709 g/mol. The first-order valence-electron chi connectivity index (χ1n) is 18.0. The SMILES string of the molecule is CCCC1(CCC)O[C@@H]2[C@H](O1)[C@H](n1cc(F)c(=O)n(C/C=C(\C)CC/C=C(\C)CCC=C(C)C)c1=O)O[C@@H]2COP(O)N(C(C)C)C(C)C. The molecule has 0 saturated carbocycles. The number of halogens is 1. The molecule has 0 bridgehead atoms. The zero-order valence-corrected chi connectivity index (χ0v) is 32.3. The van der Waals surface area contributed by atoms with E-state index in [2.05, 4.69) is 32.9 Å². The lowest BCUT2D eigenvalue weighted by Crippen LogP contribution is -2.44. The number of rotatable bonds is 19. The fraction of sp³-hybridized carbons (Fsp3) is 0.730. The third kappa shape index (κ3) is 11.0. The molecule has 0 amide bonds. The van der Waals surface area contributed by atoms with Crippen LogP contribution in [-0.2, 0) is 25.3 Å². The van der Waals surface area contributed by atoms with E-state index in [1.807, 2.05) is 53.1 Å². The Hall–Kier alpha value is -1.98. The molecule has 0 aliphatic carbocycles. The highest BCUT2D eigenvalue weighted by Crippen LogP contribution is 2.48. The zero-order valence-electron chi connectivity index (χ0n) is 31.4. The molecule has 12 heteroatoms. The van der Waals surface area contributed by atoms with Crippen molar-refractivity contribution in [3.8, 4) is 0 Å². The summed E-state index contributed by atoms with van der Waals surface area (Å²) >= 11 is 0. The van der Waals surface area contributed by atoms with Crippen LogP contribution < -0.4 is 11.2 Å². The smallest absolute Gasteiger partial charge is 0.333 e. The molecule has 5 atom stereocenters. The van der Waals surface area contributed by atoms with Crippen molar-refractivity contribution < 1.29 is 28.0 Å². The summed E-state index contributed by atoms with van der Waals surface area (Å²) in [5, 5.41) is 0. The van der Waals surface area contributed by atoms with Gasteiger partial charge in [0, 0.05) is 31.5 Å². The number of hydrogen-bond acceptors (Lipinski definition) is 8. The topological polar surface area (TPSA) is 104 Å². The minimum atomic E-state index is -1.94. The van der Waals surface area contributed by atoms with E-state index < -0.39 is 55.9 Å². The van der Waals surface area contributed by atoms with Crippen molar-refractivity contribution in [2.24, 2.45) is 0 Å². The maximum atomic E-state index is 15.3. The van der Waals surface area contributed by atoms with Gasteiger partial charge in [-0.2, -0.15) is 4.39 Å². The van der Waals surface area contributed by atoms with Crippen molar-refractivity contribution in [2.75, 3.05) is 6.61 Å². The van der Waals surface area contributed by atoms with Gasteiger partial charge in [0.05, 0.1) is 12.8 Å². The average Bonchev–Trinajstić information content (AvgIpc) is 3.53. The van der Waals surface area contributed by atoms with Gasteiger partial charge in [0.1, 0.15) is 18.3 Å². The predicted octanol–water partition coefficient (Wildman–Crippen LogP) is 7.90. The van der Waals surface area contributed by atoms with Gasteiger partial charge in [0.2, 0.25) is 5.82 Å². The molecule has 3 rings (SSSR count). The molecular formula is C37H61FN3O7P. The van der Waals surface area contributed by atoms with Gasteiger partial charge < -0.3 is 23.6 Å². The Kier molecular flexibility index (Phi) is 16.1. The van der Waals surface area contributed by atoms with Crippen LogP contribution in [0.25, 0.3) is 0 Å². The summed E-state index contributed by atoms with van der Waals surface area (Å²) < 4.78 is 44.7. The maximum absolute atomic E-state index is 15.3. The van der Waals surface area contributed by atoms with Crippen LogP contribution in [0.15, 0.2) is 50.7 Å². The lowest BCUT2D eigenvalue weighted by molar-refractivity contribution is -0.226. The number of ether oxygens (including phenoxy) is 3. The first-order valence-corrected chi connectivity index (χ1v) is 19.2. The molecule has 1 aromatic heterocycles. The summed E-state index contributed by atoms with van der Waals surface area (Å²) in [5.41, 5.74) is 1.95. The summed E-state index contributed by atoms with van der Waals surface area (Å²) in [5.74, 6) is -1.95. The Morgan fingerprint density at radius 2 is 1.55 bits per heavy atom. The Morgan fingerprint density at radius 1 is 0.980 bits per heavy atom. The molecule has 2 fully saturated rings. The van der Waals surface area contributed by atoms with Crippen LogP contribution >= 0.6 is 8.53 Å². The second-order valence-electron chi connectivity index (χ2n) is 14.3. The number of aromatic nitrogens is 2. The molecule has 278 valence electrons. The highest BCUT2D eigenvalue weighted by atomic mass is 31.2. The number of hydrogen-bond donors (Lipinski definition) is 1. The third-order valence-electron chi connectivity index (χ3n) is 9.03. The molecule has 0 spiro atoms. The highest BCUT2D eigenvalue weighted by Gasteiger charge is 2.58. The molecule has 1 aromatic rings. The van der Waals surface area contributed by atoms with Crippen molar-refractivity contribution in [2.45, 2.75) is 170 Å². The van der Waals surface area contributed by atoms with Gasteiger partial charge in [-0.1, -0.05) is 61.6 Å². The van der Waals surface area contributed by atoms with Gasteiger partial charge in [0.25, 0.3) is 14.1 Å². The van der Waals surface area contributed by atoms with E-state index >= 15 is 4.39 Å². The second-order valence-corrected chi connectivity index (χ2v) is 15.5. The summed E-state index contributed by atoms with van der Waals surface area (Å²) in [6.07, 6.45) is 10.5. The van der Waals surface area contributed by atoms with E-state index in [1.54, 1.807) is 6.08 Å². The van der Waals surface area contributed by atoms with Crippen LogP contribution in [0.4, 0.5) is 4.39 Å². The van der Waals surface area contributed by atoms with Crippen LogP contribution in [0.5, 0.6) is 0 Å². The lowest BCUT2D eigenvalue weighted by atomic mass is 10.1. The lowest BCUT2D eigenvalue weighted by Gasteiger charge is -2.34. The predicted molar refractivity (Wildman–Crippen MR) is 194 cm³/mol. The van der Waals surface area contributed by atoms with Gasteiger partial charge in [-0.05, 0) is 81.1 Å². The van der Waals surface area contributed by atoms with Gasteiger partial charge in [-0.15, -0.1) is 0 Å². The first kappa shape index (κ1) is 41.4. The van der Waals surface area contributed by atoms with E-state index in [9.17, 15) is 14.5 Å². The van der Waals surface area contributed by atoms with Crippen LogP contribution in [0, 0.1) is 5.82 Å². The standard InChI is InChI=1S/C37H61FN3O7P/c1-11-20-37(21-12-2)47-32-31(24-45-49(44)41(26(5)6)27(7)8)46-35(33(32)48-37)40-23-30(38)34(42)39(36(40)43)22-19-29(10)18-14-17-28(9)16-13-15-25(3)4/h15,17,19,23,26-27,31-33,35,44H,11-14,16,18,20-22,24H2,1-10H3/b28-17+,29-19+/t31-,32+,33+,35-,49?/m1/s1. The molecule has 49 heavy (non-hydrogen) atoms. The van der Waals surface area contributed by atoms with Crippen LogP contribution in [0.3, 0.4) is 0 Å². The van der Waals surface area contributed by atoms with E-state index in [1.165, 1.54) is 11.1 Å². The quantitative estimate of drug-likeness (QED) is 0.114. The van der Waals surface area contributed by atoms with Crippen molar-refractivity contribution in [3.63, 3.8) is 0 Å². The van der Waals surface area contributed by atoms with Crippen molar-refractivity contribution in [3.05, 3.63) is 67.8 Å². The van der Waals surface area contributed by atoms with Crippen LogP contribution in [-0.4, -0.2) is 61.5 Å².